The smallest absolute Gasteiger partial charge is 0.326 e. The number of hydrogen-bond acceptors (Lipinski definition) is 5. The van der Waals surface area contributed by atoms with Crippen LogP contribution in [0.4, 0.5) is 0 Å². The van der Waals surface area contributed by atoms with Gasteiger partial charge in [0.1, 0.15) is 11.8 Å². The van der Waals surface area contributed by atoms with Gasteiger partial charge in [-0.25, -0.2) is 4.79 Å². The Balaban J connectivity index is 2.64. The first-order valence-corrected chi connectivity index (χ1v) is 7.23. The molecule has 0 fully saturated rings. The molecule has 2 amide bonds. The maximum Gasteiger partial charge on any atom is 0.326 e. The Morgan fingerprint density at radius 2 is 2.15 bits per heavy atom. The van der Waals surface area contributed by atoms with Crippen molar-refractivity contribution in [2.45, 2.75) is 24.6 Å². The third-order valence-electron chi connectivity index (χ3n) is 2.45. The summed E-state index contributed by atoms with van der Waals surface area (Å²) in [5.74, 6) is -1.18. The third-order valence-corrected chi connectivity index (χ3v) is 3.03. The Bertz CT molecular complexity index is 500. The number of amides is 2. The van der Waals surface area contributed by atoms with Crippen LogP contribution in [0.3, 0.4) is 0 Å². The molecule has 110 valence electrons. The molecule has 1 atom stereocenters. The molecule has 4 N–H and O–H groups in total. The van der Waals surface area contributed by atoms with Crippen LogP contribution in [0.15, 0.2) is 16.5 Å². The number of hydrogen-bond donors (Lipinski definition) is 3. The predicted molar refractivity (Wildman–Crippen MR) is 73.2 cm³/mol. The van der Waals surface area contributed by atoms with Crippen molar-refractivity contribution < 1.29 is 23.9 Å². The van der Waals surface area contributed by atoms with Crippen molar-refractivity contribution >= 4 is 29.5 Å². The van der Waals surface area contributed by atoms with Gasteiger partial charge in [0.2, 0.25) is 5.91 Å². The first-order valence-electron chi connectivity index (χ1n) is 5.83. The van der Waals surface area contributed by atoms with Gasteiger partial charge in [0.25, 0.3) is 5.91 Å². The number of carbonyl (C=O) groups excluding carboxylic acids is 2. The maximum absolute atomic E-state index is 11.8. The summed E-state index contributed by atoms with van der Waals surface area (Å²) < 4.78 is 5.27. The fourth-order valence-corrected chi connectivity index (χ4v) is 1.93. The molecule has 0 radical (unpaired) electrons. The number of furan rings is 1. The zero-order chi connectivity index (χ0) is 15.1. The zero-order valence-electron chi connectivity index (χ0n) is 10.9. The second-order valence-electron chi connectivity index (χ2n) is 4.07. The lowest BCUT2D eigenvalue weighted by Crippen LogP contribution is -2.41. The molecular weight excluding hydrogens is 284 g/mol. The van der Waals surface area contributed by atoms with Crippen molar-refractivity contribution in [3.8, 4) is 0 Å². The second-order valence-corrected chi connectivity index (χ2v) is 4.93. The molecule has 7 nitrogen and oxygen atoms in total. The minimum atomic E-state index is -1.23. The highest BCUT2D eigenvalue weighted by Crippen LogP contribution is 2.13. The summed E-state index contributed by atoms with van der Waals surface area (Å²) in [7, 11) is 0. The van der Waals surface area contributed by atoms with Gasteiger partial charge < -0.3 is 20.6 Å². The van der Waals surface area contributed by atoms with Gasteiger partial charge in [-0.15, -0.1) is 0 Å². The van der Waals surface area contributed by atoms with Gasteiger partial charge in [-0.2, -0.15) is 11.8 Å². The first kappa shape index (κ1) is 16.1. The first-order chi connectivity index (χ1) is 9.43. The fourth-order valence-electron chi connectivity index (χ4n) is 1.49. The molecule has 0 bridgehead atoms. The van der Waals surface area contributed by atoms with E-state index in [1.165, 1.54) is 17.8 Å². The zero-order valence-corrected chi connectivity index (χ0v) is 11.7. The Kier molecular flexibility index (Phi) is 6.10. The number of nitrogens with two attached hydrogens (primary N) is 1. The van der Waals surface area contributed by atoms with Crippen LogP contribution in [-0.2, 0) is 15.3 Å². The minimum absolute atomic E-state index is 0.0411. The molecule has 20 heavy (non-hydrogen) atoms. The molecule has 8 heteroatoms. The molecule has 1 heterocycles. The van der Waals surface area contributed by atoms with Crippen molar-refractivity contribution in [2.75, 3.05) is 6.26 Å². The Hall–Kier alpha value is -1.96. The molecule has 1 aromatic heterocycles. The summed E-state index contributed by atoms with van der Waals surface area (Å²) in [5, 5.41) is 11.3. The van der Waals surface area contributed by atoms with Gasteiger partial charge >= 0.3 is 5.97 Å². The number of rotatable bonds is 8. The van der Waals surface area contributed by atoms with Crippen LogP contribution in [0, 0.1) is 0 Å². The SMILES string of the molecule is CSCc1ccc(C(=O)N[C@H](CCC(N)=O)C(=O)O)o1. The summed E-state index contributed by atoms with van der Waals surface area (Å²) >= 11 is 1.54. The standard InChI is InChI=1S/C12H16N2O5S/c1-20-6-7-2-4-9(19-7)11(16)14-8(12(17)18)3-5-10(13)15/h2,4,8H,3,5-6H2,1H3,(H2,13,15)(H,14,16)(H,17,18)/t8-/m1/s1. The summed E-state index contributed by atoms with van der Waals surface area (Å²) in [6.45, 7) is 0. The van der Waals surface area contributed by atoms with E-state index >= 15 is 0 Å². The molecule has 0 saturated heterocycles. The molecule has 0 spiro atoms. The number of aliphatic carboxylic acids is 1. The Labute approximate surface area is 119 Å². The Morgan fingerprint density at radius 3 is 2.70 bits per heavy atom. The average molecular weight is 300 g/mol. The van der Waals surface area contributed by atoms with Crippen LogP contribution in [-0.4, -0.2) is 35.2 Å². The van der Waals surface area contributed by atoms with E-state index in [0.29, 0.717) is 11.5 Å². The monoisotopic (exact) mass is 300 g/mol. The quantitative estimate of drug-likeness (QED) is 0.645. The molecule has 0 aromatic carbocycles. The summed E-state index contributed by atoms with van der Waals surface area (Å²) in [4.78, 5) is 33.5. The average Bonchev–Trinajstić information content (AvgIpc) is 2.82. The highest BCUT2D eigenvalue weighted by Gasteiger charge is 2.22. The summed E-state index contributed by atoms with van der Waals surface area (Å²) in [6, 6.07) is 1.96. The summed E-state index contributed by atoms with van der Waals surface area (Å²) in [5.41, 5.74) is 4.95. The number of carboxylic acid groups (broad SMARTS) is 1. The van der Waals surface area contributed by atoms with E-state index < -0.39 is 23.8 Å². The van der Waals surface area contributed by atoms with E-state index in [9.17, 15) is 14.4 Å². The third kappa shape index (κ3) is 4.96. The number of thioether (sulfide) groups is 1. The van der Waals surface area contributed by atoms with Crippen LogP contribution < -0.4 is 11.1 Å². The van der Waals surface area contributed by atoms with E-state index in [4.69, 9.17) is 15.3 Å². The van der Waals surface area contributed by atoms with Crippen LogP contribution >= 0.6 is 11.8 Å². The lowest BCUT2D eigenvalue weighted by molar-refractivity contribution is -0.139. The topological polar surface area (TPSA) is 123 Å². The van der Waals surface area contributed by atoms with E-state index in [1.807, 2.05) is 6.26 Å². The van der Waals surface area contributed by atoms with Crippen molar-refractivity contribution in [1.82, 2.24) is 5.32 Å². The van der Waals surface area contributed by atoms with Crippen LogP contribution in [0.1, 0.15) is 29.2 Å². The van der Waals surface area contributed by atoms with Crippen molar-refractivity contribution in [2.24, 2.45) is 5.73 Å². The normalized spacial score (nSPS) is 11.8. The van der Waals surface area contributed by atoms with Crippen LogP contribution in [0.5, 0.6) is 0 Å². The number of carboxylic acids is 1. The molecule has 1 rings (SSSR count). The molecule has 0 aliphatic carbocycles. The highest BCUT2D eigenvalue weighted by molar-refractivity contribution is 7.97. The highest BCUT2D eigenvalue weighted by atomic mass is 32.2. The van der Waals surface area contributed by atoms with E-state index in [0.717, 1.165) is 0 Å². The Morgan fingerprint density at radius 1 is 1.45 bits per heavy atom. The van der Waals surface area contributed by atoms with E-state index in [-0.39, 0.29) is 18.6 Å². The van der Waals surface area contributed by atoms with Crippen LogP contribution in [0.2, 0.25) is 0 Å². The molecule has 1 aromatic rings. The van der Waals surface area contributed by atoms with Crippen molar-refractivity contribution in [3.05, 3.63) is 23.7 Å². The van der Waals surface area contributed by atoms with Gasteiger partial charge in [0.15, 0.2) is 5.76 Å². The van der Waals surface area contributed by atoms with Gasteiger partial charge in [-0.1, -0.05) is 0 Å². The minimum Gasteiger partial charge on any atom is -0.480 e. The van der Waals surface area contributed by atoms with E-state index in [2.05, 4.69) is 5.32 Å². The number of nitrogens with one attached hydrogen (secondary N) is 1. The van der Waals surface area contributed by atoms with Gasteiger partial charge in [-0.3, -0.25) is 9.59 Å². The molecule has 0 saturated carbocycles. The lowest BCUT2D eigenvalue weighted by Gasteiger charge is -2.12. The van der Waals surface area contributed by atoms with Crippen molar-refractivity contribution in [1.29, 1.82) is 0 Å². The van der Waals surface area contributed by atoms with E-state index in [1.54, 1.807) is 6.07 Å². The fraction of sp³-hybridized carbons (Fsp3) is 0.417. The molecular formula is C12H16N2O5S. The maximum atomic E-state index is 11.8. The number of primary amides is 1. The summed E-state index contributed by atoms with van der Waals surface area (Å²) in [6.07, 6.45) is 1.72. The predicted octanol–water partition coefficient (Wildman–Crippen LogP) is 0.591. The van der Waals surface area contributed by atoms with Crippen LogP contribution in [0.25, 0.3) is 0 Å². The van der Waals surface area contributed by atoms with Gasteiger partial charge in [-0.05, 0) is 24.8 Å². The second kappa shape index (κ2) is 7.59. The van der Waals surface area contributed by atoms with Gasteiger partial charge in [0, 0.05) is 6.42 Å². The van der Waals surface area contributed by atoms with Crippen molar-refractivity contribution in [3.63, 3.8) is 0 Å². The van der Waals surface area contributed by atoms with Gasteiger partial charge in [0.05, 0.1) is 5.75 Å². The lowest BCUT2D eigenvalue weighted by atomic mass is 10.1. The molecule has 0 unspecified atom stereocenters. The number of carbonyl (C=O) groups is 3. The molecule has 0 aliphatic rings. The molecule has 0 aliphatic heterocycles. The largest absolute Gasteiger partial charge is 0.480 e.